The lowest BCUT2D eigenvalue weighted by Crippen LogP contribution is -2.68. The number of aliphatic imine (C=N–C) groups is 1. The summed E-state index contributed by atoms with van der Waals surface area (Å²) in [7, 11) is 0. The van der Waals surface area contributed by atoms with E-state index < -0.39 is 6.10 Å². The molecule has 3 rings (SSSR count). The van der Waals surface area contributed by atoms with Crippen molar-refractivity contribution >= 4 is 41.5 Å². The van der Waals surface area contributed by atoms with Crippen molar-refractivity contribution in [2.75, 3.05) is 19.7 Å². The van der Waals surface area contributed by atoms with Crippen LogP contribution in [0.2, 0.25) is 5.02 Å². The number of halogens is 2. The van der Waals surface area contributed by atoms with Gasteiger partial charge in [-0.3, -0.25) is 4.99 Å². The highest BCUT2D eigenvalue weighted by Gasteiger charge is 2.59. The van der Waals surface area contributed by atoms with Gasteiger partial charge in [0.05, 0.1) is 18.8 Å². The van der Waals surface area contributed by atoms with Crippen molar-refractivity contribution in [1.29, 1.82) is 0 Å². The topological polar surface area (TPSA) is 65.9 Å². The van der Waals surface area contributed by atoms with Gasteiger partial charge in [-0.25, -0.2) is 0 Å². The van der Waals surface area contributed by atoms with Gasteiger partial charge in [-0.2, -0.15) is 0 Å². The third-order valence-electron chi connectivity index (χ3n) is 5.41. The number of guanidine groups is 1. The van der Waals surface area contributed by atoms with Crippen molar-refractivity contribution in [3.05, 3.63) is 34.9 Å². The number of benzene rings is 1. The Bertz CT molecular complexity index is 624. The van der Waals surface area contributed by atoms with Crippen LogP contribution in [0.1, 0.15) is 38.9 Å². The van der Waals surface area contributed by atoms with Crippen LogP contribution in [0.25, 0.3) is 0 Å². The molecule has 2 aliphatic rings. The van der Waals surface area contributed by atoms with Gasteiger partial charge in [0.1, 0.15) is 0 Å². The Balaban J connectivity index is 0.00000243. The summed E-state index contributed by atoms with van der Waals surface area (Å²) in [5.74, 6) is 1.29. The molecule has 3 N–H and O–H groups in total. The Morgan fingerprint density at radius 1 is 1.38 bits per heavy atom. The predicted molar refractivity (Wildman–Crippen MR) is 116 cm³/mol. The molecule has 5 nitrogen and oxygen atoms in total. The smallest absolute Gasteiger partial charge is 0.191 e. The molecule has 1 aromatic rings. The molecule has 2 fully saturated rings. The second-order valence-corrected chi connectivity index (χ2v) is 7.91. The first-order chi connectivity index (χ1) is 11.9. The van der Waals surface area contributed by atoms with E-state index in [1.807, 2.05) is 19.1 Å². The molecule has 0 amide bonds. The lowest BCUT2D eigenvalue weighted by Gasteiger charge is -2.54. The standard InChI is InChI=1S/C19H28ClN3O2.HI/c1-4-21-18(22-11-15(24)12-5-7-13(20)8-6-12)23-16-14-9-10-25-17(14)19(16,2)3;/h5-8,14-17,24H,4,9-11H2,1-3H3,(H2,21,22,23);1H. The molecule has 7 heteroatoms. The molecule has 1 aliphatic carbocycles. The van der Waals surface area contributed by atoms with Crippen LogP contribution in [-0.2, 0) is 4.74 Å². The minimum Gasteiger partial charge on any atom is -0.386 e. The van der Waals surface area contributed by atoms with Crippen LogP contribution in [0, 0.1) is 11.3 Å². The summed E-state index contributed by atoms with van der Waals surface area (Å²) < 4.78 is 5.85. The SMILES string of the molecule is CCNC(=NCC(O)c1ccc(Cl)cc1)NC1C2CCOC2C1(C)C.I. The van der Waals surface area contributed by atoms with Crippen LogP contribution in [0.3, 0.4) is 0 Å². The van der Waals surface area contributed by atoms with Gasteiger partial charge in [0.2, 0.25) is 0 Å². The fourth-order valence-electron chi connectivity index (χ4n) is 4.05. The normalized spacial score (nSPS) is 27.7. The van der Waals surface area contributed by atoms with Gasteiger partial charge < -0.3 is 20.5 Å². The van der Waals surface area contributed by atoms with E-state index in [0.717, 1.165) is 31.1 Å². The van der Waals surface area contributed by atoms with E-state index in [9.17, 15) is 5.11 Å². The van der Waals surface area contributed by atoms with E-state index in [1.165, 1.54) is 0 Å². The summed E-state index contributed by atoms with van der Waals surface area (Å²) in [5.41, 5.74) is 0.906. The van der Waals surface area contributed by atoms with E-state index in [1.54, 1.807) is 12.1 Å². The second-order valence-electron chi connectivity index (χ2n) is 7.47. The first-order valence-corrected chi connectivity index (χ1v) is 9.41. The predicted octanol–water partition coefficient (Wildman–Crippen LogP) is 3.36. The van der Waals surface area contributed by atoms with Crippen LogP contribution in [0.5, 0.6) is 0 Å². The molecule has 1 saturated heterocycles. The average Bonchev–Trinajstić information content (AvgIpc) is 3.04. The van der Waals surface area contributed by atoms with Gasteiger partial charge in [-0.1, -0.05) is 37.6 Å². The Morgan fingerprint density at radius 3 is 2.73 bits per heavy atom. The zero-order valence-electron chi connectivity index (χ0n) is 15.5. The molecule has 0 aromatic heterocycles. The molecule has 1 aliphatic heterocycles. The highest BCUT2D eigenvalue weighted by molar-refractivity contribution is 14.0. The zero-order valence-corrected chi connectivity index (χ0v) is 18.6. The molecule has 1 saturated carbocycles. The van der Waals surface area contributed by atoms with Crippen molar-refractivity contribution in [1.82, 2.24) is 10.6 Å². The van der Waals surface area contributed by atoms with Gasteiger partial charge in [0.15, 0.2) is 5.96 Å². The Hall–Kier alpha value is -0.570. The molecule has 0 radical (unpaired) electrons. The average molecular weight is 494 g/mol. The third kappa shape index (κ3) is 4.46. The summed E-state index contributed by atoms with van der Waals surface area (Å²) in [5, 5.41) is 17.9. The van der Waals surface area contributed by atoms with Crippen molar-refractivity contribution < 1.29 is 9.84 Å². The molecule has 4 atom stereocenters. The Labute approximate surface area is 178 Å². The quantitative estimate of drug-likeness (QED) is 0.334. The van der Waals surface area contributed by atoms with E-state index in [-0.39, 0.29) is 29.4 Å². The van der Waals surface area contributed by atoms with Crippen molar-refractivity contribution in [2.45, 2.75) is 45.4 Å². The lowest BCUT2D eigenvalue weighted by atomic mass is 9.57. The summed E-state index contributed by atoms with van der Waals surface area (Å²) in [6, 6.07) is 7.57. The number of ether oxygens (including phenoxy) is 1. The first kappa shape index (κ1) is 21.7. The van der Waals surface area contributed by atoms with E-state index in [2.05, 4.69) is 29.5 Å². The fraction of sp³-hybridized carbons (Fsp3) is 0.632. The molecule has 0 spiro atoms. The largest absolute Gasteiger partial charge is 0.386 e. The maximum absolute atomic E-state index is 10.4. The summed E-state index contributed by atoms with van der Waals surface area (Å²) in [6.45, 7) is 8.45. The minimum atomic E-state index is -0.648. The van der Waals surface area contributed by atoms with Gasteiger partial charge in [0, 0.05) is 35.5 Å². The molecule has 146 valence electrons. The van der Waals surface area contributed by atoms with Gasteiger partial charge >= 0.3 is 0 Å². The molecule has 26 heavy (non-hydrogen) atoms. The second kappa shape index (κ2) is 9.08. The molecule has 1 heterocycles. The Morgan fingerprint density at radius 2 is 2.08 bits per heavy atom. The van der Waals surface area contributed by atoms with Gasteiger partial charge in [-0.05, 0) is 31.0 Å². The summed E-state index contributed by atoms with van der Waals surface area (Å²) >= 11 is 5.90. The maximum Gasteiger partial charge on any atom is 0.191 e. The van der Waals surface area contributed by atoms with E-state index >= 15 is 0 Å². The number of fused-ring (bicyclic) bond motifs is 1. The van der Waals surface area contributed by atoms with Crippen molar-refractivity contribution in [3.63, 3.8) is 0 Å². The number of aliphatic hydroxyl groups excluding tert-OH is 1. The van der Waals surface area contributed by atoms with Crippen LogP contribution in [0.4, 0.5) is 0 Å². The highest BCUT2D eigenvalue weighted by atomic mass is 127. The number of nitrogens with one attached hydrogen (secondary N) is 2. The summed E-state index contributed by atoms with van der Waals surface area (Å²) in [4.78, 5) is 4.58. The number of rotatable bonds is 5. The monoisotopic (exact) mass is 493 g/mol. The summed E-state index contributed by atoms with van der Waals surface area (Å²) in [6.07, 6.45) is 0.788. The van der Waals surface area contributed by atoms with Gasteiger partial charge in [-0.15, -0.1) is 24.0 Å². The van der Waals surface area contributed by atoms with Crippen LogP contribution < -0.4 is 10.6 Å². The molecule has 4 unspecified atom stereocenters. The van der Waals surface area contributed by atoms with E-state index in [0.29, 0.717) is 29.6 Å². The number of nitrogens with zero attached hydrogens (tertiary/aromatic N) is 1. The fourth-order valence-corrected chi connectivity index (χ4v) is 4.18. The maximum atomic E-state index is 10.4. The van der Waals surface area contributed by atoms with Crippen LogP contribution in [0.15, 0.2) is 29.3 Å². The van der Waals surface area contributed by atoms with Crippen LogP contribution >= 0.6 is 35.6 Å². The zero-order chi connectivity index (χ0) is 18.0. The van der Waals surface area contributed by atoms with E-state index in [4.69, 9.17) is 16.3 Å². The lowest BCUT2D eigenvalue weighted by molar-refractivity contribution is -0.106. The Kier molecular flexibility index (Phi) is 7.59. The first-order valence-electron chi connectivity index (χ1n) is 9.03. The van der Waals surface area contributed by atoms with Crippen molar-refractivity contribution in [2.24, 2.45) is 16.3 Å². The number of hydrogen-bond acceptors (Lipinski definition) is 3. The molecule has 0 bridgehead atoms. The number of hydrogen-bond donors (Lipinski definition) is 3. The molecular weight excluding hydrogens is 465 g/mol. The highest BCUT2D eigenvalue weighted by Crippen LogP contribution is 2.52. The molecule has 1 aromatic carbocycles. The third-order valence-corrected chi connectivity index (χ3v) is 5.67. The minimum absolute atomic E-state index is 0. The van der Waals surface area contributed by atoms with Crippen molar-refractivity contribution in [3.8, 4) is 0 Å². The van der Waals surface area contributed by atoms with Crippen LogP contribution in [-0.4, -0.2) is 42.9 Å². The number of aliphatic hydroxyl groups is 1. The van der Waals surface area contributed by atoms with Gasteiger partial charge in [0.25, 0.3) is 0 Å². The molecular formula is C19H29ClIN3O2.